The summed E-state index contributed by atoms with van der Waals surface area (Å²) in [6.45, 7) is 3.22. The van der Waals surface area contributed by atoms with Gasteiger partial charge in [0.25, 0.3) is 0 Å². The van der Waals surface area contributed by atoms with E-state index in [1.54, 1.807) is 0 Å². The molecule has 0 aromatic heterocycles. The molecule has 0 aliphatic rings. The normalized spacial score (nSPS) is 16.0. The van der Waals surface area contributed by atoms with Gasteiger partial charge in [-0.2, -0.15) is 4.72 Å². The van der Waals surface area contributed by atoms with Crippen molar-refractivity contribution >= 4 is 25.8 Å². The van der Waals surface area contributed by atoms with Crippen LogP contribution in [0.2, 0.25) is 0 Å². The zero-order valence-electron chi connectivity index (χ0n) is 18.6. The van der Waals surface area contributed by atoms with Crippen molar-refractivity contribution in [2.45, 2.75) is 37.0 Å². The summed E-state index contributed by atoms with van der Waals surface area (Å²) >= 11 is 0. The Hall–Kier alpha value is -2.43. The first-order valence-corrected chi connectivity index (χ1v) is 13.5. The van der Waals surface area contributed by atoms with E-state index < -0.39 is 42.5 Å². The monoisotopic (exact) mass is 482 g/mol. The Morgan fingerprint density at radius 2 is 1.62 bits per heavy atom. The lowest BCUT2D eigenvalue weighted by atomic mass is 9.72. The van der Waals surface area contributed by atoms with Crippen LogP contribution in [0.1, 0.15) is 25.8 Å². The standard InChI is InChI=1S/C22H30N2O6S2/c1-5-17(15-16-9-7-6-8-10-16)22(2,20(23)25)21(31(4,26)27)24-32(28,29)19-13-11-18(30-3)12-14-19/h6-14,17,21,24H,5,15H2,1-4H3,(H2,23,25). The van der Waals surface area contributed by atoms with Crippen molar-refractivity contribution in [2.75, 3.05) is 13.4 Å². The molecule has 0 heterocycles. The van der Waals surface area contributed by atoms with Gasteiger partial charge in [0, 0.05) is 6.26 Å². The molecule has 0 saturated carbocycles. The van der Waals surface area contributed by atoms with Gasteiger partial charge in [-0.3, -0.25) is 4.79 Å². The summed E-state index contributed by atoms with van der Waals surface area (Å²) in [6.07, 6.45) is 1.66. The minimum Gasteiger partial charge on any atom is -0.497 e. The van der Waals surface area contributed by atoms with Crippen LogP contribution in [0, 0.1) is 11.3 Å². The van der Waals surface area contributed by atoms with E-state index in [1.165, 1.54) is 38.3 Å². The van der Waals surface area contributed by atoms with Crippen molar-refractivity contribution in [3.63, 3.8) is 0 Å². The SMILES string of the molecule is CCC(Cc1ccccc1)C(C)(C(N)=O)C(NS(=O)(=O)c1ccc(OC)cc1)S(C)(=O)=O. The van der Waals surface area contributed by atoms with E-state index in [9.17, 15) is 21.6 Å². The third-order valence-electron chi connectivity index (χ3n) is 5.80. The van der Waals surface area contributed by atoms with Crippen LogP contribution < -0.4 is 15.2 Å². The van der Waals surface area contributed by atoms with Crippen molar-refractivity contribution in [1.29, 1.82) is 0 Å². The molecule has 1 amide bonds. The van der Waals surface area contributed by atoms with Gasteiger partial charge in [-0.25, -0.2) is 16.8 Å². The van der Waals surface area contributed by atoms with Crippen LogP contribution in [-0.2, 0) is 31.1 Å². The molecule has 176 valence electrons. The Bertz CT molecular complexity index is 1130. The molecule has 0 saturated heterocycles. The van der Waals surface area contributed by atoms with Crippen LogP contribution in [0.25, 0.3) is 0 Å². The summed E-state index contributed by atoms with van der Waals surface area (Å²) in [5.74, 6) is -0.992. The van der Waals surface area contributed by atoms with E-state index >= 15 is 0 Å². The molecule has 3 unspecified atom stereocenters. The van der Waals surface area contributed by atoms with Crippen molar-refractivity contribution in [1.82, 2.24) is 4.72 Å². The molecule has 0 radical (unpaired) electrons. The maximum Gasteiger partial charge on any atom is 0.241 e. The number of amides is 1. The predicted molar refractivity (Wildman–Crippen MR) is 123 cm³/mol. The number of sulfonamides is 1. The van der Waals surface area contributed by atoms with Gasteiger partial charge in [0.1, 0.15) is 11.1 Å². The lowest BCUT2D eigenvalue weighted by Gasteiger charge is -2.40. The summed E-state index contributed by atoms with van der Waals surface area (Å²) in [5, 5.41) is -1.76. The van der Waals surface area contributed by atoms with E-state index in [4.69, 9.17) is 10.5 Å². The third kappa shape index (κ3) is 5.67. The van der Waals surface area contributed by atoms with Gasteiger partial charge in [0.15, 0.2) is 9.84 Å². The van der Waals surface area contributed by atoms with E-state index in [0.717, 1.165) is 11.8 Å². The molecule has 3 N–H and O–H groups in total. The smallest absolute Gasteiger partial charge is 0.241 e. The number of methoxy groups -OCH3 is 1. The minimum atomic E-state index is -4.29. The molecular weight excluding hydrogens is 452 g/mol. The van der Waals surface area contributed by atoms with Crippen molar-refractivity contribution in [3.8, 4) is 5.75 Å². The van der Waals surface area contributed by atoms with E-state index in [1.807, 2.05) is 37.3 Å². The number of rotatable bonds is 11. The van der Waals surface area contributed by atoms with Crippen LogP contribution in [-0.4, -0.2) is 41.5 Å². The van der Waals surface area contributed by atoms with Crippen LogP contribution >= 0.6 is 0 Å². The van der Waals surface area contributed by atoms with E-state index in [0.29, 0.717) is 18.6 Å². The molecule has 3 atom stereocenters. The second-order valence-corrected chi connectivity index (χ2v) is 11.8. The number of sulfone groups is 1. The molecule has 0 aliphatic heterocycles. The topological polar surface area (TPSA) is 133 Å². The number of nitrogens with one attached hydrogen (secondary N) is 1. The molecule has 0 bridgehead atoms. The summed E-state index contributed by atoms with van der Waals surface area (Å²) < 4.78 is 59.0. The van der Waals surface area contributed by atoms with Gasteiger partial charge in [-0.1, -0.05) is 43.7 Å². The molecule has 10 heteroatoms. The first-order chi connectivity index (χ1) is 14.9. The number of nitrogens with two attached hydrogens (primary N) is 1. The zero-order chi connectivity index (χ0) is 24.2. The summed E-state index contributed by atoms with van der Waals surface area (Å²) in [6, 6.07) is 14.7. The molecule has 32 heavy (non-hydrogen) atoms. The van der Waals surface area contributed by atoms with Gasteiger partial charge < -0.3 is 10.5 Å². The van der Waals surface area contributed by atoms with Gasteiger partial charge >= 0.3 is 0 Å². The van der Waals surface area contributed by atoms with Gasteiger partial charge in [-0.05, 0) is 49.1 Å². The number of primary amides is 1. The number of hydrogen-bond acceptors (Lipinski definition) is 6. The number of carbonyl (C=O) groups excluding carboxylic acids is 1. The maximum absolute atomic E-state index is 13.1. The Kier molecular flexibility index (Phi) is 8.08. The highest BCUT2D eigenvalue weighted by atomic mass is 32.2. The Balaban J connectivity index is 2.54. The lowest BCUT2D eigenvalue weighted by molar-refractivity contribution is -0.130. The molecule has 8 nitrogen and oxygen atoms in total. The molecule has 2 aromatic carbocycles. The zero-order valence-corrected chi connectivity index (χ0v) is 20.2. The number of ether oxygens (including phenoxy) is 1. The first kappa shape index (κ1) is 25.8. The van der Waals surface area contributed by atoms with Crippen molar-refractivity contribution in [3.05, 3.63) is 60.2 Å². The largest absolute Gasteiger partial charge is 0.497 e. The minimum absolute atomic E-state index is 0.158. The summed E-state index contributed by atoms with van der Waals surface area (Å²) in [5.41, 5.74) is 4.91. The fourth-order valence-corrected chi connectivity index (χ4v) is 7.28. The third-order valence-corrected chi connectivity index (χ3v) is 8.85. The van der Waals surface area contributed by atoms with Crippen molar-refractivity contribution in [2.24, 2.45) is 17.1 Å². The van der Waals surface area contributed by atoms with Gasteiger partial charge in [-0.15, -0.1) is 0 Å². The van der Waals surface area contributed by atoms with Gasteiger partial charge in [0.05, 0.1) is 17.4 Å². The van der Waals surface area contributed by atoms with Crippen LogP contribution in [0.5, 0.6) is 5.75 Å². The lowest BCUT2D eigenvalue weighted by Crippen LogP contribution is -2.59. The highest BCUT2D eigenvalue weighted by molar-refractivity contribution is 7.94. The number of hydrogen-bond donors (Lipinski definition) is 2. The fourth-order valence-electron chi connectivity index (χ4n) is 3.84. The van der Waals surface area contributed by atoms with E-state index in [-0.39, 0.29) is 4.90 Å². The molecule has 2 aromatic rings. The van der Waals surface area contributed by atoms with Crippen molar-refractivity contribution < 1.29 is 26.4 Å². The van der Waals surface area contributed by atoms with Crippen LogP contribution in [0.4, 0.5) is 0 Å². The predicted octanol–water partition coefficient (Wildman–Crippen LogP) is 2.10. The Morgan fingerprint density at radius 1 is 1.06 bits per heavy atom. The average molecular weight is 483 g/mol. The van der Waals surface area contributed by atoms with Crippen LogP contribution in [0.15, 0.2) is 59.5 Å². The average Bonchev–Trinajstić information content (AvgIpc) is 2.75. The van der Waals surface area contributed by atoms with E-state index in [2.05, 4.69) is 4.72 Å². The highest BCUT2D eigenvalue weighted by Gasteiger charge is 2.52. The maximum atomic E-state index is 13.1. The number of benzene rings is 2. The summed E-state index contributed by atoms with van der Waals surface area (Å²) in [4.78, 5) is 12.6. The molecular formula is C22H30N2O6S2. The quantitative estimate of drug-likeness (QED) is 0.504. The Labute approximate surface area is 190 Å². The fraction of sp³-hybridized carbons (Fsp3) is 0.409. The highest BCUT2D eigenvalue weighted by Crippen LogP contribution is 2.39. The number of carbonyl (C=O) groups is 1. The Morgan fingerprint density at radius 3 is 2.06 bits per heavy atom. The van der Waals surface area contributed by atoms with Gasteiger partial charge in [0.2, 0.25) is 15.9 Å². The molecule has 0 spiro atoms. The summed E-state index contributed by atoms with van der Waals surface area (Å²) in [7, 11) is -6.93. The molecule has 2 rings (SSSR count). The second-order valence-electron chi connectivity index (χ2n) is 7.95. The molecule has 0 fully saturated rings. The first-order valence-electron chi connectivity index (χ1n) is 10.0. The van der Waals surface area contributed by atoms with Crippen LogP contribution in [0.3, 0.4) is 0 Å². The molecule has 0 aliphatic carbocycles. The second kappa shape index (κ2) is 10.0.